The highest BCUT2D eigenvalue weighted by Gasteiger charge is 2.85. The van der Waals surface area contributed by atoms with Gasteiger partial charge in [0.2, 0.25) is 0 Å². The standard InChI is InChI=1S/C36H56O8/c1-20(37)41-23-17-25-33(9)18-24(42-21(2)38)29(34(10)13-11-27(44-34)31(6,7)40)32(33,8)15-16-35(25)19-36(35)14-12-26(43-22(3)39)30(4,5)28(23)36/h23-29,40H,11-19H2,1-10H3/t23-,24-,25-,26-,27-,28?,29-,32+,33-,34+,35-,36+/m0/s1. The Morgan fingerprint density at radius 2 is 1.36 bits per heavy atom. The van der Waals surface area contributed by atoms with Crippen molar-refractivity contribution in [3.05, 3.63) is 0 Å². The number of ether oxygens (including phenoxy) is 4. The van der Waals surface area contributed by atoms with Crippen molar-refractivity contribution in [3.8, 4) is 0 Å². The maximum atomic E-state index is 12.7. The van der Waals surface area contributed by atoms with E-state index >= 15 is 0 Å². The van der Waals surface area contributed by atoms with Crippen molar-refractivity contribution in [3.63, 3.8) is 0 Å². The molecule has 5 saturated carbocycles. The van der Waals surface area contributed by atoms with Crippen molar-refractivity contribution < 1.29 is 38.4 Å². The number of esters is 3. The van der Waals surface area contributed by atoms with Gasteiger partial charge in [0.1, 0.15) is 18.3 Å². The Hall–Kier alpha value is -1.67. The number of carbonyl (C=O) groups excluding carboxylic acids is 3. The fraction of sp³-hybridized carbons (Fsp3) is 0.917. The van der Waals surface area contributed by atoms with Crippen LogP contribution in [0.25, 0.3) is 0 Å². The second-order valence-electron chi connectivity index (χ2n) is 17.6. The molecule has 1 heterocycles. The Morgan fingerprint density at radius 3 is 1.93 bits per heavy atom. The smallest absolute Gasteiger partial charge is 0.302 e. The average molecular weight is 617 g/mol. The lowest BCUT2D eigenvalue weighted by Gasteiger charge is -2.64. The van der Waals surface area contributed by atoms with Crippen LogP contribution in [-0.4, -0.2) is 58.6 Å². The first-order chi connectivity index (χ1) is 20.2. The van der Waals surface area contributed by atoms with Gasteiger partial charge in [-0.3, -0.25) is 14.4 Å². The van der Waals surface area contributed by atoms with Gasteiger partial charge in [-0.05, 0) is 106 Å². The van der Waals surface area contributed by atoms with Gasteiger partial charge in [0.25, 0.3) is 0 Å². The van der Waals surface area contributed by atoms with Gasteiger partial charge in [-0.2, -0.15) is 0 Å². The Bertz CT molecular complexity index is 1240. The second-order valence-corrected chi connectivity index (χ2v) is 17.6. The quantitative estimate of drug-likeness (QED) is 0.290. The van der Waals surface area contributed by atoms with E-state index in [1.54, 1.807) is 0 Å². The molecule has 1 N–H and O–H groups in total. The number of aliphatic hydroxyl groups is 1. The van der Waals surface area contributed by atoms with Crippen molar-refractivity contribution >= 4 is 17.9 Å². The summed E-state index contributed by atoms with van der Waals surface area (Å²) in [5, 5.41) is 10.9. The zero-order valence-corrected chi connectivity index (χ0v) is 28.7. The predicted molar refractivity (Wildman–Crippen MR) is 163 cm³/mol. The van der Waals surface area contributed by atoms with Crippen LogP contribution in [0.15, 0.2) is 0 Å². The number of hydrogen-bond acceptors (Lipinski definition) is 8. The molecular weight excluding hydrogens is 560 g/mol. The summed E-state index contributed by atoms with van der Waals surface area (Å²) >= 11 is 0. The molecule has 0 amide bonds. The minimum atomic E-state index is -0.956. The lowest BCUT2D eigenvalue weighted by Crippen LogP contribution is -2.63. The van der Waals surface area contributed by atoms with Crippen molar-refractivity contribution in [1.29, 1.82) is 0 Å². The third-order valence-corrected chi connectivity index (χ3v) is 14.6. The Kier molecular flexibility index (Phi) is 7.10. The molecule has 1 unspecified atom stereocenters. The summed E-state index contributed by atoms with van der Waals surface area (Å²) in [6, 6.07) is 0. The number of hydrogen-bond donors (Lipinski definition) is 1. The van der Waals surface area contributed by atoms with E-state index in [2.05, 4.69) is 34.6 Å². The van der Waals surface area contributed by atoms with Crippen LogP contribution in [0, 0.1) is 44.8 Å². The second kappa shape index (κ2) is 9.68. The van der Waals surface area contributed by atoms with Crippen LogP contribution in [0.5, 0.6) is 0 Å². The molecule has 0 aromatic carbocycles. The van der Waals surface area contributed by atoms with E-state index in [4.69, 9.17) is 18.9 Å². The first-order valence-corrected chi connectivity index (χ1v) is 17.1. The molecule has 248 valence electrons. The van der Waals surface area contributed by atoms with Gasteiger partial charge < -0.3 is 24.1 Å². The summed E-state index contributed by atoms with van der Waals surface area (Å²) in [6.07, 6.45) is 7.01. The van der Waals surface area contributed by atoms with E-state index in [1.165, 1.54) is 20.8 Å². The number of carbonyl (C=O) groups is 3. The zero-order valence-electron chi connectivity index (χ0n) is 28.7. The minimum absolute atomic E-state index is 0.0231. The van der Waals surface area contributed by atoms with Crippen LogP contribution in [0.2, 0.25) is 0 Å². The third-order valence-electron chi connectivity index (χ3n) is 14.6. The van der Waals surface area contributed by atoms with Gasteiger partial charge in [-0.25, -0.2) is 0 Å². The van der Waals surface area contributed by atoms with Crippen LogP contribution < -0.4 is 0 Å². The third kappa shape index (κ3) is 4.24. The molecule has 6 aliphatic rings. The molecule has 0 aromatic rings. The summed E-state index contributed by atoms with van der Waals surface area (Å²) < 4.78 is 25.3. The highest BCUT2D eigenvalue weighted by atomic mass is 16.6. The fourth-order valence-corrected chi connectivity index (χ4v) is 13.1. The Morgan fingerprint density at radius 1 is 0.750 bits per heavy atom. The minimum Gasteiger partial charge on any atom is -0.462 e. The largest absolute Gasteiger partial charge is 0.462 e. The molecule has 8 heteroatoms. The Balaban J connectivity index is 1.42. The van der Waals surface area contributed by atoms with Crippen molar-refractivity contribution in [1.82, 2.24) is 0 Å². The molecule has 2 spiro atoms. The molecule has 1 aliphatic heterocycles. The highest BCUT2D eigenvalue weighted by Crippen LogP contribution is 2.89. The maximum absolute atomic E-state index is 12.7. The highest BCUT2D eigenvalue weighted by molar-refractivity contribution is 5.67. The molecule has 1 saturated heterocycles. The van der Waals surface area contributed by atoms with Crippen molar-refractivity contribution in [2.45, 2.75) is 163 Å². The molecule has 8 nitrogen and oxygen atoms in total. The van der Waals surface area contributed by atoms with Crippen LogP contribution in [0.1, 0.15) is 127 Å². The van der Waals surface area contributed by atoms with Gasteiger partial charge in [0.15, 0.2) is 0 Å². The SMILES string of the molecule is CC(=O)O[C@H]1C[C@@H]2[C@]3(CC[C@]4(C)[C@@H]([C@@]5(C)CC[C@@H](C(C)(C)O)O5)[C@@H](OC(C)=O)C[C@@]24C)C[C@@]32CC[C@H](OC(C)=O)C(C)(C)C12. The van der Waals surface area contributed by atoms with Gasteiger partial charge in [0, 0.05) is 38.0 Å². The fourth-order valence-electron chi connectivity index (χ4n) is 13.1. The number of rotatable bonds is 5. The average Bonchev–Trinajstić information content (AvgIpc) is 3.21. The summed E-state index contributed by atoms with van der Waals surface area (Å²) in [4.78, 5) is 37.4. The molecule has 12 atom stereocenters. The van der Waals surface area contributed by atoms with Gasteiger partial charge >= 0.3 is 17.9 Å². The lowest BCUT2D eigenvalue weighted by atomic mass is 9.41. The molecular formula is C36H56O8. The first kappa shape index (κ1) is 32.3. The molecule has 5 aliphatic carbocycles. The summed E-state index contributed by atoms with van der Waals surface area (Å²) in [5.41, 5.74) is -2.07. The first-order valence-electron chi connectivity index (χ1n) is 17.1. The van der Waals surface area contributed by atoms with Crippen molar-refractivity contribution in [2.75, 3.05) is 0 Å². The van der Waals surface area contributed by atoms with E-state index in [-0.39, 0.29) is 87.2 Å². The monoisotopic (exact) mass is 616 g/mol. The lowest BCUT2D eigenvalue weighted by molar-refractivity contribution is -0.224. The normalized spacial score (nSPS) is 50.4. The summed E-state index contributed by atoms with van der Waals surface area (Å²) in [5.74, 6) is -0.426. The van der Waals surface area contributed by atoms with Gasteiger partial charge in [-0.1, -0.05) is 27.7 Å². The predicted octanol–water partition coefficient (Wildman–Crippen LogP) is 6.15. The van der Waals surface area contributed by atoms with Crippen LogP contribution >= 0.6 is 0 Å². The van der Waals surface area contributed by atoms with Crippen LogP contribution in [-0.2, 0) is 33.3 Å². The van der Waals surface area contributed by atoms with Gasteiger partial charge in [-0.15, -0.1) is 0 Å². The Labute approximate surface area is 263 Å². The summed E-state index contributed by atoms with van der Waals surface area (Å²) in [7, 11) is 0. The van der Waals surface area contributed by atoms with E-state index in [1.807, 2.05) is 13.8 Å². The van der Waals surface area contributed by atoms with Gasteiger partial charge in [0.05, 0.1) is 17.3 Å². The molecule has 44 heavy (non-hydrogen) atoms. The topological polar surface area (TPSA) is 108 Å². The van der Waals surface area contributed by atoms with E-state index in [9.17, 15) is 19.5 Å². The maximum Gasteiger partial charge on any atom is 0.302 e. The van der Waals surface area contributed by atoms with E-state index < -0.39 is 11.2 Å². The van der Waals surface area contributed by atoms with Crippen LogP contribution in [0.4, 0.5) is 0 Å². The number of fused-ring (bicyclic) bond motifs is 2. The zero-order chi connectivity index (χ0) is 32.5. The molecule has 0 radical (unpaired) electrons. The molecule has 6 rings (SSSR count). The molecule has 0 aromatic heterocycles. The van der Waals surface area contributed by atoms with E-state index in [0.29, 0.717) is 0 Å². The van der Waals surface area contributed by atoms with Crippen LogP contribution in [0.3, 0.4) is 0 Å². The van der Waals surface area contributed by atoms with Crippen molar-refractivity contribution in [2.24, 2.45) is 44.8 Å². The molecule has 6 fully saturated rings. The molecule has 0 bridgehead atoms. The summed E-state index contributed by atoms with van der Waals surface area (Å²) in [6.45, 7) is 19.6. The van der Waals surface area contributed by atoms with E-state index in [0.717, 1.165) is 57.8 Å².